The Bertz CT molecular complexity index is 698. The Morgan fingerprint density at radius 2 is 2.11 bits per heavy atom. The number of thioether (sulfide) groups is 1. The van der Waals surface area contributed by atoms with E-state index in [1.165, 1.54) is 11.8 Å². The van der Waals surface area contributed by atoms with Crippen molar-refractivity contribution in [1.82, 2.24) is 3.96 Å². The molecule has 1 aromatic heterocycles. The van der Waals surface area contributed by atoms with E-state index in [1.54, 1.807) is 30.5 Å². The molecule has 1 N–H and O–H groups in total. The average Bonchev–Trinajstić information content (AvgIpc) is 2.76. The first kappa shape index (κ1) is 13.4. The molecule has 2 rings (SSSR count). The van der Waals surface area contributed by atoms with E-state index in [4.69, 9.17) is 6.57 Å². The third kappa shape index (κ3) is 2.70. The summed E-state index contributed by atoms with van der Waals surface area (Å²) < 4.78 is 1.51. The molecule has 2 aromatic rings. The number of nitrogens with zero attached hydrogens (tertiary/aromatic N) is 2. The molecule has 0 fully saturated rings. The second-order valence-corrected chi connectivity index (χ2v) is 5.47. The summed E-state index contributed by atoms with van der Waals surface area (Å²) in [7, 11) is 0. The van der Waals surface area contributed by atoms with Crippen molar-refractivity contribution in [3.05, 3.63) is 52.1 Å². The normalized spacial score (nSPS) is 9.89. The first-order chi connectivity index (χ1) is 9.17. The van der Waals surface area contributed by atoms with Gasteiger partial charge < -0.3 is 5.32 Å². The van der Waals surface area contributed by atoms with Gasteiger partial charge in [-0.05, 0) is 18.4 Å². The number of carbonyl (C=O) groups is 1. The molecule has 0 saturated carbocycles. The van der Waals surface area contributed by atoms with Crippen LogP contribution in [0.2, 0.25) is 0 Å². The molecule has 7 heteroatoms. The maximum Gasteiger partial charge on any atom is 0.341 e. The summed E-state index contributed by atoms with van der Waals surface area (Å²) in [5.41, 5.74) is 0.0290. The van der Waals surface area contributed by atoms with Crippen LogP contribution in [0.5, 0.6) is 0 Å². The van der Waals surface area contributed by atoms with E-state index < -0.39 is 11.6 Å². The number of anilines is 1. The van der Waals surface area contributed by atoms with Crippen molar-refractivity contribution in [2.45, 2.75) is 4.21 Å². The maximum atomic E-state index is 12.0. The molecular weight excluding hydrogens is 282 g/mol. The zero-order chi connectivity index (χ0) is 13.8. The standard InChI is InChI=1S/C12H9N3O2S2/c1-13-9-10(16)15(19-11(9)18-2)12(17)14-8-6-4-3-5-7-8/h3-7H,2H3,(H,14,17). The Morgan fingerprint density at radius 3 is 2.63 bits per heavy atom. The lowest BCUT2D eigenvalue weighted by molar-refractivity contribution is 0.255. The van der Waals surface area contributed by atoms with E-state index in [1.807, 2.05) is 6.07 Å². The van der Waals surface area contributed by atoms with Crippen molar-refractivity contribution in [1.29, 1.82) is 0 Å². The van der Waals surface area contributed by atoms with Gasteiger partial charge in [-0.15, -0.1) is 11.8 Å². The minimum absolute atomic E-state index is 0.000659. The molecule has 0 spiro atoms. The summed E-state index contributed by atoms with van der Waals surface area (Å²) in [6.07, 6.45) is 1.76. The summed E-state index contributed by atoms with van der Waals surface area (Å²) in [6.45, 7) is 6.98. The molecule has 96 valence electrons. The van der Waals surface area contributed by atoms with Crippen LogP contribution in [-0.4, -0.2) is 16.2 Å². The van der Waals surface area contributed by atoms with E-state index in [9.17, 15) is 9.59 Å². The van der Waals surface area contributed by atoms with Crippen LogP contribution in [0.4, 0.5) is 16.2 Å². The van der Waals surface area contributed by atoms with Gasteiger partial charge in [0.25, 0.3) is 11.2 Å². The second kappa shape index (κ2) is 5.73. The van der Waals surface area contributed by atoms with Gasteiger partial charge in [-0.3, -0.25) is 4.79 Å². The fourth-order valence-corrected chi connectivity index (χ4v) is 2.94. The zero-order valence-corrected chi connectivity index (χ0v) is 11.5. The third-order valence-corrected chi connectivity index (χ3v) is 4.42. The molecule has 5 nitrogen and oxygen atoms in total. The van der Waals surface area contributed by atoms with Gasteiger partial charge in [0.05, 0.1) is 10.8 Å². The van der Waals surface area contributed by atoms with E-state index >= 15 is 0 Å². The van der Waals surface area contributed by atoms with E-state index in [2.05, 4.69) is 10.2 Å². The topological polar surface area (TPSA) is 55.5 Å². The van der Waals surface area contributed by atoms with Gasteiger partial charge in [0.15, 0.2) is 0 Å². The Labute approximate surface area is 117 Å². The molecule has 1 aromatic carbocycles. The molecule has 0 aliphatic rings. The van der Waals surface area contributed by atoms with Crippen LogP contribution in [0.1, 0.15) is 0 Å². The zero-order valence-electron chi connectivity index (χ0n) is 9.91. The van der Waals surface area contributed by atoms with Crippen LogP contribution in [0.3, 0.4) is 0 Å². The SMILES string of the molecule is [C-]#[N+]c1c(SC)sn(C(=O)Nc2ccccc2)c1=O. The van der Waals surface area contributed by atoms with Gasteiger partial charge >= 0.3 is 6.03 Å². The van der Waals surface area contributed by atoms with Crippen LogP contribution in [-0.2, 0) is 0 Å². The Kier molecular flexibility index (Phi) is 4.04. The number of nitrogens with one attached hydrogen (secondary N) is 1. The number of aromatic nitrogens is 1. The lowest BCUT2D eigenvalue weighted by Crippen LogP contribution is -2.26. The predicted octanol–water partition coefficient (Wildman–Crippen LogP) is 3.26. The van der Waals surface area contributed by atoms with Crippen molar-refractivity contribution in [3.63, 3.8) is 0 Å². The number of para-hydroxylation sites is 1. The van der Waals surface area contributed by atoms with Crippen molar-refractivity contribution >= 4 is 40.7 Å². The average molecular weight is 291 g/mol. The van der Waals surface area contributed by atoms with Crippen LogP contribution in [0.25, 0.3) is 4.85 Å². The highest BCUT2D eigenvalue weighted by molar-refractivity contribution is 8.00. The Balaban J connectivity index is 2.33. The quantitative estimate of drug-likeness (QED) is 0.682. The molecule has 1 heterocycles. The fourth-order valence-electron chi connectivity index (χ4n) is 1.41. The van der Waals surface area contributed by atoms with Crippen LogP contribution in [0.15, 0.2) is 39.3 Å². The van der Waals surface area contributed by atoms with Gasteiger partial charge in [-0.1, -0.05) is 29.7 Å². The highest BCUT2D eigenvalue weighted by atomic mass is 32.2. The largest absolute Gasteiger partial charge is 0.341 e. The predicted molar refractivity (Wildman–Crippen MR) is 77.5 cm³/mol. The molecule has 19 heavy (non-hydrogen) atoms. The molecule has 0 unspecified atom stereocenters. The minimum Gasteiger partial charge on any atom is -0.307 e. The van der Waals surface area contributed by atoms with Gasteiger partial charge in [-0.2, -0.15) is 3.96 Å². The first-order valence-electron chi connectivity index (χ1n) is 5.21. The summed E-state index contributed by atoms with van der Waals surface area (Å²) in [5, 5.41) is 2.61. The summed E-state index contributed by atoms with van der Waals surface area (Å²) in [5.74, 6) is 0. The van der Waals surface area contributed by atoms with Crippen LogP contribution < -0.4 is 10.9 Å². The lowest BCUT2D eigenvalue weighted by Gasteiger charge is -2.03. The van der Waals surface area contributed by atoms with Gasteiger partial charge in [-0.25, -0.2) is 9.64 Å². The molecule has 0 aliphatic carbocycles. The van der Waals surface area contributed by atoms with Crippen molar-refractivity contribution in [3.8, 4) is 0 Å². The van der Waals surface area contributed by atoms with Crippen molar-refractivity contribution in [2.75, 3.05) is 11.6 Å². The molecule has 0 aliphatic heterocycles. The summed E-state index contributed by atoms with van der Waals surface area (Å²) in [4.78, 5) is 27.1. The Morgan fingerprint density at radius 1 is 1.42 bits per heavy atom. The highest BCUT2D eigenvalue weighted by Crippen LogP contribution is 2.29. The van der Waals surface area contributed by atoms with Crippen LogP contribution >= 0.6 is 23.3 Å². The minimum atomic E-state index is -0.571. The second-order valence-electron chi connectivity index (χ2n) is 3.44. The number of benzene rings is 1. The monoisotopic (exact) mass is 291 g/mol. The van der Waals surface area contributed by atoms with Gasteiger partial charge in [0, 0.05) is 5.69 Å². The molecule has 1 amide bonds. The Hall–Kier alpha value is -2.04. The van der Waals surface area contributed by atoms with Crippen molar-refractivity contribution in [2.24, 2.45) is 0 Å². The van der Waals surface area contributed by atoms with Crippen LogP contribution in [0, 0.1) is 6.57 Å². The molecule has 0 saturated heterocycles. The molecule has 0 bridgehead atoms. The number of hydrogen-bond acceptors (Lipinski definition) is 4. The number of hydrogen-bond donors (Lipinski definition) is 1. The lowest BCUT2D eigenvalue weighted by atomic mass is 10.3. The molecular formula is C12H9N3O2S2. The molecule has 0 atom stereocenters. The first-order valence-corrected chi connectivity index (χ1v) is 7.21. The number of amides is 1. The fraction of sp³-hybridized carbons (Fsp3) is 0.0833. The number of carbonyl (C=O) groups excluding carboxylic acids is 1. The van der Waals surface area contributed by atoms with E-state index in [0.29, 0.717) is 9.90 Å². The summed E-state index contributed by atoms with van der Waals surface area (Å²) in [6, 6.07) is 8.29. The maximum absolute atomic E-state index is 12.0. The van der Waals surface area contributed by atoms with Gasteiger partial charge in [0.2, 0.25) is 0 Å². The van der Waals surface area contributed by atoms with Gasteiger partial charge in [0.1, 0.15) is 0 Å². The molecule has 0 radical (unpaired) electrons. The van der Waals surface area contributed by atoms with E-state index in [0.717, 1.165) is 15.5 Å². The van der Waals surface area contributed by atoms with Crippen molar-refractivity contribution < 1.29 is 4.79 Å². The smallest absolute Gasteiger partial charge is 0.307 e. The third-order valence-electron chi connectivity index (χ3n) is 2.26. The highest BCUT2D eigenvalue weighted by Gasteiger charge is 2.18. The van der Waals surface area contributed by atoms with E-state index in [-0.39, 0.29) is 5.69 Å². The number of rotatable bonds is 2. The summed E-state index contributed by atoms with van der Waals surface area (Å²) >= 11 is 2.26.